The van der Waals surface area contributed by atoms with E-state index in [9.17, 15) is 4.79 Å². The molecule has 1 aromatic heterocycles. The summed E-state index contributed by atoms with van der Waals surface area (Å²) in [4.78, 5) is 11.3. The second-order valence-electron chi connectivity index (χ2n) is 4.47. The van der Waals surface area contributed by atoms with Crippen molar-refractivity contribution >= 4 is 11.8 Å². The van der Waals surface area contributed by atoms with Gasteiger partial charge in [-0.2, -0.15) is 11.8 Å². The van der Waals surface area contributed by atoms with E-state index in [0.29, 0.717) is 5.76 Å². The van der Waals surface area contributed by atoms with Gasteiger partial charge in [-0.1, -0.05) is 13.8 Å². The van der Waals surface area contributed by atoms with Gasteiger partial charge in [-0.05, 0) is 24.9 Å². The van der Waals surface area contributed by atoms with Crippen LogP contribution in [0.2, 0.25) is 0 Å². The molecular formula is C12H18O3S. The predicted octanol–water partition coefficient (Wildman–Crippen LogP) is 2.77. The van der Waals surface area contributed by atoms with Gasteiger partial charge >= 0.3 is 0 Å². The van der Waals surface area contributed by atoms with Gasteiger partial charge in [0.2, 0.25) is 5.43 Å². The molecule has 0 fully saturated rings. The Morgan fingerprint density at radius 1 is 1.50 bits per heavy atom. The number of hydrogen-bond acceptors (Lipinski definition) is 4. The number of thioether (sulfide) groups is 1. The lowest BCUT2D eigenvalue weighted by Gasteiger charge is -2.22. The fraction of sp³-hybridized carbons (Fsp3) is 0.583. The van der Waals surface area contributed by atoms with Crippen LogP contribution in [0.4, 0.5) is 0 Å². The van der Waals surface area contributed by atoms with Crippen LogP contribution in [-0.2, 0) is 5.41 Å². The van der Waals surface area contributed by atoms with Crippen molar-refractivity contribution in [1.82, 2.24) is 0 Å². The third kappa shape index (κ3) is 3.30. The zero-order valence-electron chi connectivity index (χ0n) is 9.95. The highest BCUT2D eigenvalue weighted by Crippen LogP contribution is 2.28. The van der Waals surface area contributed by atoms with E-state index in [1.807, 2.05) is 25.6 Å². The molecule has 16 heavy (non-hydrogen) atoms. The fourth-order valence-corrected chi connectivity index (χ4v) is 1.97. The highest BCUT2D eigenvalue weighted by atomic mass is 32.2. The Balaban J connectivity index is 2.81. The average molecular weight is 242 g/mol. The first kappa shape index (κ1) is 13.2. The molecule has 0 atom stereocenters. The van der Waals surface area contributed by atoms with Crippen molar-refractivity contribution in [2.75, 3.05) is 12.0 Å². The Bertz CT molecular complexity index is 395. The summed E-state index contributed by atoms with van der Waals surface area (Å²) in [6, 6.07) is 1.38. The molecule has 0 aromatic carbocycles. The Morgan fingerprint density at radius 2 is 2.19 bits per heavy atom. The molecule has 0 unspecified atom stereocenters. The van der Waals surface area contributed by atoms with Crippen LogP contribution in [0.5, 0.6) is 5.75 Å². The monoisotopic (exact) mass is 242 g/mol. The molecule has 3 nitrogen and oxygen atoms in total. The summed E-state index contributed by atoms with van der Waals surface area (Å²) >= 11 is 1.81. The van der Waals surface area contributed by atoms with Crippen LogP contribution in [0.15, 0.2) is 21.5 Å². The topological polar surface area (TPSA) is 50.4 Å². The van der Waals surface area contributed by atoms with E-state index in [0.717, 1.165) is 24.9 Å². The van der Waals surface area contributed by atoms with E-state index in [2.05, 4.69) is 6.26 Å². The normalized spacial score (nSPS) is 11.7. The van der Waals surface area contributed by atoms with Gasteiger partial charge in [-0.25, -0.2) is 0 Å². The Kier molecular flexibility index (Phi) is 4.47. The SMILES string of the molecule is CSCCCC(C)(C)c1cc(=O)c(O)co1. The van der Waals surface area contributed by atoms with Crippen LogP contribution in [0, 0.1) is 0 Å². The van der Waals surface area contributed by atoms with Gasteiger partial charge in [-0.15, -0.1) is 0 Å². The molecule has 0 radical (unpaired) electrons. The molecule has 0 aliphatic carbocycles. The van der Waals surface area contributed by atoms with Crippen molar-refractivity contribution < 1.29 is 9.52 Å². The predicted molar refractivity (Wildman–Crippen MR) is 67.3 cm³/mol. The molecule has 0 saturated heterocycles. The van der Waals surface area contributed by atoms with Crippen LogP contribution in [0.25, 0.3) is 0 Å². The number of hydrogen-bond donors (Lipinski definition) is 1. The van der Waals surface area contributed by atoms with Gasteiger partial charge in [0, 0.05) is 11.5 Å². The quantitative estimate of drug-likeness (QED) is 0.807. The van der Waals surface area contributed by atoms with E-state index in [1.165, 1.54) is 6.07 Å². The first-order valence-corrected chi connectivity index (χ1v) is 6.68. The molecule has 0 saturated carbocycles. The lowest BCUT2D eigenvalue weighted by molar-refractivity contribution is 0.337. The minimum absolute atomic E-state index is 0.164. The van der Waals surface area contributed by atoms with Crippen molar-refractivity contribution in [3.8, 4) is 5.75 Å². The minimum atomic E-state index is -0.376. The largest absolute Gasteiger partial charge is 0.502 e. The molecule has 0 aliphatic heterocycles. The summed E-state index contributed by atoms with van der Waals surface area (Å²) < 4.78 is 5.28. The van der Waals surface area contributed by atoms with Gasteiger partial charge in [0.25, 0.3) is 0 Å². The van der Waals surface area contributed by atoms with Gasteiger partial charge in [-0.3, -0.25) is 4.79 Å². The smallest absolute Gasteiger partial charge is 0.226 e. The van der Waals surface area contributed by atoms with Crippen molar-refractivity contribution in [1.29, 1.82) is 0 Å². The van der Waals surface area contributed by atoms with E-state index in [4.69, 9.17) is 9.52 Å². The maximum atomic E-state index is 11.3. The molecule has 0 amide bonds. The van der Waals surface area contributed by atoms with Crippen LogP contribution in [-0.4, -0.2) is 17.1 Å². The second kappa shape index (κ2) is 5.43. The molecule has 0 bridgehead atoms. The summed E-state index contributed by atoms with van der Waals surface area (Å²) in [5.41, 5.74) is -0.540. The molecule has 4 heteroatoms. The zero-order chi connectivity index (χ0) is 12.2. The molecule has 90 valence electrons. The van der Waals surface area contributed by atoms with Crippen molar-refractivity contribution in [3.05, 3.63) is 28.3 Å². The molecule has 1 aromatic rings. The summed E-state index contributed by atoms with van der Waals surface area (Å²) in [5, 5.41) is 9.11. The first-order valence-electron chi connectivity index (χ1n) is 5.28. The molecule has 0 aliphatic rings. The van der Waals surface area contributed by atoms with Gasteiger partial charge < -0.3 is 9.52 Å². The molecule has 1 rings (SSSR count). The Morgan fingerprint density at radius 3 is 2.75 bits per heavy atom. The Labute approximate surface area is 99.9 Å². The van der Waals surface area contributed by atoms with Gasteiger partial charge in [0.1, 0.15) is 12.0 Å². The highest BCUT2D eigenvalue weighted by Gasteiger charge is 2.23. The first-order chi connectivity index (χ1) is 7.47. The summed E-state index contributed by atoms with van der Waals surface area (Å²) in [6.07, 6.45) is 5.24. The second-order valence-corrected chi connectivity index (χ2v) is 5.46. The molecule has 1 N–H and O–H groups in total. The number of rotatable bonds is 5. The van der Waals surface area contributed by atoms with Crippen molar-refractivity contribution in [2.45, 2.75) is 32.1 Å². The summed E-state index contributed by atoms with van der Waals surface area (Å²) in [5.74, 6) is 1.41. The maximum absolute atomic E-state index is 11.3. The van der Waals surface area contributed by atoms with E-state index >= 15 is 0 Å². The summed E-state index contributed by atoms with van der Waals surface area (Å²) in [7, 11) is 0. The van der Waals surface area contributed by atoms with Crippen LogP contribution >= 0.6 is 11.8 Å². The third-order valence-electron chi connectivity index (χ3n) is 2.63. The maximum Gasteiger partial charge on any atom is 0.226 e. The molecular weight excluding hydrogens is 224 g/mol. The third-order valence-corrected chi connectivity index (χ3v) is 3.33. The van der Waals surface area contributed by atoms with Crippen LogP contribution < -0.4 is 5.43 Å². The lowest BCUT2D eigenvalue weighted by Crippen LogP contribution is -2.19. The van der Waals surface area contributed by atoms with Crippen molar-refractivity contribution in [3.63, 3.8) is 0 Å². The van der Waals surface area contributed by atoms with E-state index in [-0.39, 0.29) is 16.6 Å². The molecule has 1 heterocycles. The fourth-order valence-electron chi connectivity index (χ4n) is 1.54. The zero-order valence-corrected chi connectivity index (χ0v) is 10.8. The van der Waals surface area contributed by atoms with E-state index in [1.54, 1.807) is 0 Å². The van der Waals surface area contributed by atoms with Crippen LogP contribution in [0.1, 0.15) is 32.4 Å². The number of aromatic hydroxyl groups is 1. The lowest BCUT2D eigenvalue weighted by atomic mass is 9.85. The van der Waals surface area contributed by atoms with Gasteiger partial charge in [0.05, 0.1) is 0 Å². The van der Waals surface area contributed by atoms with Gasteiger partial charge in [0.15, 0.2) is 5.75 Å². The average Bonchev–Trinajstić information content (AvgIpc) is 2.22. The van der Waals surface area contributed by atoms with Crippen LogP contribution in [0.3, 0.4) is 0 Å². The van der Waals surface area contributed by atoms with E-state index < -0.39 is 0 Å². The standard InChI is InChI=1S/C12H18O3S/c1-12(2,5-4-6-16-3)11-7-9(13)10(14)8-15-11/h7-8,14H,4-6H2,1-3H3. The van der Waals surface area contributed by atoms with Crippen molar-refractivity contribution in [2.24, 2.45) is 0 Å². The molecule has 0 spiro atoms. The highest BCUT2D eigenvalue weighted by molar-refractivity contribution is 7.98. The Hall–Kier alpha value is -0.900. The minimum Gasteiger partial charge on any atom is -0.502 e. The summed E-state index contributed by atoms with van der Waals surface area (Å²) in [6.45, 7) is 4.09.